The molecular formula is C21H31FN2O5. The number of nitrogens with one attached hydrogen (secondary N) is 1. The molecule has 29 heavy (non-hydrogen) atoms. The van der Waals surface area contributed by atoms with Crippen LogP contribution in [0.1, 0.15) is 33.2 Å². The summed E-state index contributed by atoms with van der Waals surface area (Å²) >= 11 is 0. The molecule has 1 atom stereocenters. The van der Waals surface area contributed by atoms with Gasteiger partial charge in [0.05, 0.1) is 19.3 Å². The molecule has 1 fully saturated rings. The molecule has 1 unspecified atom stereocenters. The molecule has 0 radical (unpaired) electrons. The Hall–Kier alpha value is -2.61. The number of carbonyl (C=O) groups excluding carboxylic acids is 2. The first-order valence-electron chi connectivity index (χ1n) is 9.75. The van der Waals surface area contributed by atoms with Crippen molar-refractivity contribution in [3.8, 4) is 5.75 Å². The van der Waals surface area contributed by atoms with Gasteiger partial charge in [-0.1, -0.05) is 26.5 Å². The summed E-state index contributed by atoms with van der Waals surface area (Å²) in [5.74, 6) is 0.251. The first-order chi connectivity index (χ1) is 13.9. The number of benzene rings is 1. The Morgan fingerprint density at radius 1 is 1.34 bits per heavy atom. The minimum Gasteiger partial charge on any atom is -0.491 e. The zero-order valence-corrected chi connectivity index (χ0v) is 17.0. The highest BCUT2D eigenvalue weighted by Crippen LogP contribution is 2.27. The Labute approximate surface area is 172 Å². The Bertz CT molecular complexity index is 717. The van der Waals surface area contributed by atoms with Gasteiger partial charge in [-0.15, -0.1) is 0 Å². The molecule has 162 valence electrons. The second-order valence-corrected chi connectivity index (χ2v) is 7.05. The van der Waals surface area contributed by atoms with Crippen LogP contribution in [0.4, 0.5) is 9.18 Å². The van der Waals surface area contributed by atoms with Gasteiger partial charge >= 0.3 is 6.09 Å². The number of halogens is 1. The molecule has 1 N–H and O–H groups in total. The van der Waals surface area contributed by atoms with Crippen LogP contribution in [0.5, 0.6) is 5.75 Å². The van der Waals surface area contributed by atoms with Crippen molar-refractivity contribution in [3.05, 3.63) is 42.2 Å². The Morgan fingerprint density at radius 3 is 2.83 bits per heavy atom. The largest absolute Gasteiger partial charge is 0.491 e. The van der Waals surface area contributed by atoms with Gasteiger partial charge in [-0.3, -0.25) is 4.79 Å². The molecular weight excluding hydrogens is 379 g/mol. The molecule has 0 bridgehead atoms. The third-order valence-corrected chi connectivity index (χ3v) is 4.54. The molecule has 1 aliphatic heterocycles. The fourth-order valence-corrected chi connectivity index (χ4v) is 3.03. The van der Waals surface area contributed by atoms with E-state index in [0.29, 0.717) is 31.9 Å². The minimum absolute atomic E-state index is 0. The standard InChI is InChI=1S/C21H29FN2O5.H2/c1-4-20(25)24-8-7-17(14-24)23-21(26)29-12-10-27-9-11-28-19-13-16(22)5-6-18(19)15(2)3;/h4-6,13,15,17H,1,7-12,14H2,2-3H3,(H,23,26);1H. The van der Waals surface area contributed by atoms with Crippen LogP contribution in [0.25, 0.3) is 0 Å². The molecule has 7 nitrogen and oxygen atoms in total. The van der Waals surface area contributed by atoms with E-state index in [2.05, 4.69) is 11.9 Å². The number of nitrogens with zero attached hydrogens (tertiary/aromatic N) is 1. The number of alkyl carbamates (subject to hydrolysis) is 1. The van der Waals surface area contributed by atoms with Crippen LogP contribution in [0.2, 0.25) is 0 Å². The van der Waals surface area contributed by atoms with Gasteiger partial charge in [-0.25, -0.2) is 9.18 Å². The zero-order valence-electron chi connectivity index (χ0n) is 17.0. The van der Waals surface area contributed by atoms with E-state index in [1.807, 2.05) is 13.8 Å². The van der Waals surface area contributed by atoms with Crippen LogP contribution in [0, 0.1) is 5.82 Å². The van der Waals surface area contributed by atoms with Crippen LogP contribution in [0.3, 0.4) is 0 Å². The van der Waals surface area contributed by atoms with Gasteiger partial charge in [-0.2, -0.15) is 0 Å². The van der Waals surface area contributed by atoms with Crippen LogP contribution >= 0.6 is 0 Å². The third-order valence-electron chi connectivity index (χ3n) is 4.54. The quantitative estimate of drug-likeness (QED) is 0.474. The molecule has 8 heteroatoms. The molecule has 0 saturated carbocycles. The fraction of sp³-hybridized carbons (Fsp3) is 0.524. The normalized spacial score (nSPS) is 16.0. The number of likely N-dealkylation sites (tertiary alicyclic amines) is 1. The Morgan fingerprint density at radius 2 is 2.10 bits per heavy atom. The van der Waals surface area contributed by atoms with Crippen molar-refractivity contribution < 1.29 is 29.6 Å². The molecule has 2 rings (SSSR count). The molecule has 1 aromatic rings. The van der Waals surface area contributed by atoms with Gasteiger partial charge in [0.25, 0.3) is 0 Å². The van der Waals surface area contributed by atoms with Crippen molar-refractivity contribution >= 4 is 12.0 Å². The molecule has 1 saturated heterocycles. The van der Waals surface area contributed by atoms with Gasteiger partial charge in [0.1, 0.15) is 24.8 Å². The summed E-state index contributed by atoms with van der Waals surface area (Å²) in [5, 5.41) is 2.73. The van der Waals surface area contributed by atoms with E-state index in [0.717, 1.165) is 5.56 Å². The summed E-state index contributed by atoms with van der Waals surface area (Å²) in [6.45, 7) is 9.40. The third kappa shape index (κ3) is 7.38. The van der Waals surface area contributed by atoms with Crippen LogP contribution < -0.4 is 10.1 Å². The predicted octanol–water partition coefficient (Wildman–Crippen LogP) is 3.10. The van der Waals surface area contributed by atoms with Crippen molar-refractivity contribution in [2.24, 2.45) is 0 Å². The van der Waals surface area contributed by atoms with Crippen LogP contribution in [-0.4, -0.2) is 62.5 Å². The van der Waals surface area contributed by atoms with E-state index in [9.17, 15) is 14.0 Å². The number of carbonyl (C=O) groups is 2. The Balaban J connectivity index is 0.00000450. The average molecular weight is 410 g/mol. The monoisotopic (exact) mass is 410 g/mol. The summed E-state index contributed by atoms with van der Waals surface area (Å²) in [6.07, 6.45) is 1.41. The van der Waals surface area contributed by atoms with Crippen LogP contribution in [-0.2, 0) is 14.3 Å². The summed E-state index contributed by atoms with van der Waals surface area (Å²) < 4.78 is 29.5. The summed E-state index contributed by atoms with van der Waals surface area (Å²) in [6, 6.07) is 4.39. The van der Waals surface area contributed by atoms with Gasteiger partial charge in [0.2, 0.25) is 5.91 Å². The second kappa shape index (κ2) is 11.4. The summed E-state index contributed by atoms with van der Waals surface area (Å²) in [5.41, 5.74) is 0.937. The number of amides is 2. The van der Waals surface area contributed by atoms with Crippen molar-refractivity contribution in [2.45, 2.75) is 32.2 Å². The van der Waals surface area contributed by atoms with E-state index in [1.165, 1.54) is 18.2 Å². The number of hydrogen-bond acceptors (Lipinski definition) is 5. The second-order valence-electron chi connectivity index (χ2n) is 7.05. The van der Waals surface area contributed by atoms with E-state index in [4.69, 9.17) is 14.2 Å². The Kier molecular flexibility index (Phi) is 8.92. The van der Waals surface area contributed by atoms with Crippen LogP contribution in [0.15, 0.2) is 30.9 Å². The maximum Gasteiger partial charge on any atom is 0.407 e. The lowest BCUT2D eigenvalue weighted by atomic mass is 10.0. The first-order valence-corrected chi connectivity index (χ1v) is 9.75. The minimum atomic E-state index is -0.538. The van der Waals surface area contributed by atoms with Gasteiger partial charge in [-0.05, 0) is 30.0 Å². The van der Waals surface area contributed by atoms with E-state index in [1.54, 1.807) is 11.0 Å². The fourth-order valence-electron chi connectivity index (χ4n) is 3.03. The van der Waals surface area contributed by atoms with E-state index in [-0.39, 0.29) is 44.9 Å². The van der Waals surface area contributed by atoms with Crippen molar-refractivity contribution in [1.82, 2.24) is 10.2 Å². The number of rotatable bonds is 10. The summed E-state index contributed by atoms with van der Waals surface area (Å²) in [4.78, 5) is 24.9. The maximum atomic E-state index is 13.4. The topological polar surface area (TPSA) is 77.1 Å². The van der Waals surface area contributed by atoms with Crippen molar-refractivity contribution in [1.29, 1.82) is 0 Å². The van der Waals surface area contributed by atoms with E-state index >= 15 is 0 Å². The number of ether oxygens (including phenoxy) is 3. The van der Waals surface area contributed by atoms with Gasteiger partial charge in [0, 0.05) is 20.6 Å². The molecule has 1 aromatic carbocycles. The molecule has 1 aliphatic rings. The van der Waals surface area contributed by atoms with Crippen molar-refractivity contribution in [3.63, 3.8) is 0 Å². The summed E-state index contributed by atoms with van der Waals surface area (Å²) in [7, 11) is 0. The van der Waals surface area contributed by atoms with Gasteiger partial charge in [0.15, 0.2) is 0 Å². The van der Waals surface area contributed by atoms with E-state index < -0.39 is 6.09 Å². The highest BCUT2D eigenvalue weighted by molar-refractivity contribution is 5.87. The SMILES string of the molecule is C=CC(=O)N1CCC(NC(=O)OCCOCCOc2cc(F)ccc2C(C)C)C1.[HH]. The average Bonchev–Trinajstić information content (AvgIpc) is 3.14. The van der Waals surface area contributed by atoms with Gasteiger partial charge < -0.3 is 24.4 Å². The number of hydrogen-bond donors (Lipinski definition) is 1. The molecule has 2 amide bonds. The molecule has 0 spiro atoms. The van der Waals surface area contributed by atoms with Crippen molar-refractivity contribution in [2.75, 3.05) is 39.5 Å². The highest BCUT2D eigenvalue weighted by Gasteiger charge is 2.26. The molecule has 0 aliphatic carbocycles. The molecule has 0 aromatic heterocycles. The lowest BCUT2D eigenvalue weighted by Crippen LogP contribution is -2.38. The smallest absolute Gasteiger partial charge is 0.407 e. The highest BCUT2D eigenvalue weighted by atomic mass is 19.1. The lowest BCUT2D eigenvalue weighted by molar-refractivity contribution is -0.125. The lowest BCUT2D eigenvalue weighted by Gasteiger charge is -2.15. The first kappa shape index (κ1) is 22.7. The predicted molar refractivity (Wildman–Crippen MR) is 109 cm³/mol. The molecule has 1 heterocycles. The zero-order chi connectivity index (χ0) is 21.2. The maximum absolute atomic E-state index is 13.4.